The molecule has 0 atom stereocenters. The normalized spacial score (nSPS) is 14.1. The minimum Gasteiger partial charge on any atom is -0.378 e. The summed E-state index contributed by atoms with van der Waals surface area (Å²) in [5.41, 5.74) is 3.87. The fourth-order valence-electron chi connectivity index (χ4n) is 3.78. The van der Waals surface area contributed by atoms with Crippen molar-refractivity contribution in [2.24, 2.45) is 0 Å². The van der Waals surface area contributed by atoms with Crippen LogP contribution in [-0.4, -0.2) is 70.6 Å². The molecule has 1 amide bonds. The Bertz CT molecular complexity index is 1080. The average Bonchev–Trinajstić information content (AvgIpc) is 3.11. The summed E-state index contributed by atoms with van der Waals surface area (Å²) < 4.78 is 1.99. The lowest BCUT2D eigenvalue weighted by Crippen LogP contribution is -2.49. The molecule has 0 unspecified atom stereocenters. The molecule has 1 aliphatic rings. The number of piperazine rings is 1. The first kappa shape index (κ1) is 20.8. The molecule has 1 aromatic carbocycles. The molecule has 162 valence electrons. The van der Waals surface area contributed by atoms with Crippen molar-refractivity contribution in [1.82, 2.24) is 24.4 Å². The van der Waals surface area contributed by atoms with E-state index in [0.717, 1.165) is 53.2 Å². The van der Waals surface area contributed by atoms with Gasteiger partial charge in [-0.2, -0.15) is 0 Å². The summed E-state index contributed by atoms with van der Waals surface area (Å²) in [4.78, 5) is 32.7. The van der Waals surface area contributed by atoms with E-state index in [1.807, 2.05) is 79.6 Å². The largest absolute Gasteiger partial charge is 0.378 e. The summed E-state index contributed by atoms with van der Waals surface area (Å²) in [5.74, 6) is 2.50. The van der Waals surface area contributed by atoms with E-state index in [2.05, 4.69) is 19.9 Å². The van der Waals surface area contributed by atoms with Gasteiger partial charge in [-0.25, -0.2) is 15.0 Å². The van der Waals surface area contributed by atoms with Crippen molar-refractivity contribution in [2.45, 2.75) is 20.8 Å². The first-order valence-corrected chi connectivity index (χ1v) is 10.5. The molecule has 1 saturated heterocycles. The van der Waals surface area contributed by atoms with Crippen molar-refractivity contribution in [3.05, 3.63) is 59.4 Å². The third-order valence-electron chi connectivity index (χ3n) is 5.83. The molecule has 0 radical (unpaired) electrons. The number of hydrogen-bond acceptors (Lipinski definition) is 6. The van der Waals surface area contributed by atoms with Gasteiger partial charge in [0.15, 0.2) is 0 Å². The number of benzene rings is 1. The van der Waals surface area contributed by atoms with E-state index in [1.54, 1.807) is 6.33 Å². The van der Waals surface area contributed by atoms with E-state index in [0.29, 0.717) is 13.1 Å². The van der Waals surface area contributed by atoms with Crippen LogP contribution in [0.4, 0.5) is 11.5 Å². The van der Waals surface area contributed by atoms with Crippen molar-refractivity contribution in [3.8, 4) is 5.82 Å². The maximum absolute atomic E-state index is 12.9. The summed E-state index contributed by atoms with van der Waals surface area (Å²) in [5, 5.41) is 0. The van der Waals surface area contributed by atoms with Gasteiger partial charge in [0.25, 0.3) is 5.91 Å². The number of amides is 1. The number of imidazole rings is 1. The highest BCUT2D eigenvalue weighted by molar-refractivity contribution is 5.94. The van der Waals surface area contributed by atoms with E-state index >= 15 is 0 Å². The number of rotatable bonds is 4. The van der Waals surface area contributed by atoms with Gasteiger partial charge in [0.2, 0.25) is 0 Å². The summed E-state index contributed by atoms with van der Waals surface area (Å²) in [6.07, 6.45) is 1.80. The minimum absolute atomic E-state index is 0.0778. The number of nitrogens with zero attached hydrogens (tertiary/aromatic N) is 7. The molecule has 3 aromatic rings. The number of carbonyl (C=O) groups excluding carboxylic acids is 1. The maximum Gasteiger partial charge on any atom is 0.253 e. The van der Waals surface area contributed by atoms with Crippen LogP contribution in [-0.2, 0) is 0 Å². The van der Waals surface area contributed by atoms with Gasteiger partial charge in [-0.1, -0.05) is 0 Å². The second-order valence-electron chi connectivity index (χ2n) is 8.14. The fraction of sp³-hybridized carbons (Fsp3) is 0.391. The molecule has 0 spiro atoms. The van der Waals surface area contributed by atoms with Gasteiger partial charge in [-0.15, -0.1) is 0 Å². The molecule has 3 heterocycles. The SMILES string of the molecule is Cc1nc(N2CCN(C(=O)c3ccc(N(C)C)cc3)CC2)cc(-n2cnc(C)c2C)n1. The monoisotopic (exact) mass is 419 g/mol. The van der Waals surface area contributed by atoms with Gasteiger partial charge in [0.1, 0.15) is 23.8 Å². The van der Waals surface area contributed by atoms with E-state index in [-0.39, 0.29) is 5.91 Å². The minimum atomic E-state index is 0.0778. The lowest BCUT2D eigenvalue weighted by Gasteiger charge is -2.35. The summed E-state index contributed by atoms with van der Waals surface area (Å²) >= 11 is 0. The Morgan fingerprint density at radius 1 is 0.935 bits per heavy atom. The molecule has 1 aliphatic heterocycles. The van der Waals surface area contributed by atoms with Crippen LogP contribution in [0, 0.1) is 20.8 Å². The van der Waals surface area contributed by atoms with Crippen molar-refractivity contribution < 1.29 is 4.79 Å². The van der Waals surface area contributed by atoms with Gasteiger partial charge in [0.05, 0.1) is 5.69 Å². The van der Waals surface area contributed by atoms with E-state index in [4.69, 9.17) is 0 Å². The summed E-state index contributed by atoms with van der Waals surface area (Å²) in [7, 11) is 3.98. The van der Waals surface area contributed by atoms with Crippen LogP contribution in [0.15, 0.2) is 36.7 Å². The highest BCUT2D eigenvalue weighted by atomic mass is 16.2. The molecule has 2 aromatic heterocycles. The summed E-state index contributed by atoms with van der Waals surface area (Å²) in [6.45, 7) is 8.73. The number of anilines is 2. The zero-order valence-corrected chi connectivity index (χ0v) is 18.8. The molecule has 0 aliphatic carbocycles. The van der Waals surface area contributed by atoms with Crippen molar-refractivity contribution >= 4 is 17.4 Å². The van der Waals surface area contributed by atoms with Crippen LogP contribution >= 0.6 is 0 Å². The van der Waals surface area contributed by atoms with Crippen molar-refractivity contribution in [1.29, 1.82) is 0 Å². The standard InChI is InChI=1S/C23H29N7O/c1-16-17(2)30(15-24-16)22-14-21(25-18(3)26-22)28-10-12-29(13-11-28)23(31)19-6-8-20(9-7-19)27(4)5/h6-9,14-15H,10-13H2,1-5H3. The molecule has 8 nitrogen and oxygen atoms in total. The van der Waals surface area contributed by atoms with Gasteiger partial charge in [-0.3, -0.25) is 9.36 Å². The van der Waals surface area contributed by atoms with Crippen LogP contribution in [0.25, 0.3) is 5.82 Å². The molecule has 4 rings (SSSR count). The molecular weight excluding hydrogens is 390 g/mol. The summed E-state index contributed by atoms with van der Waals surface area (Å²) in [6, 6.07) is 9.76. The molecule has 0 saturated carbocycles. The Morgan fingerprint density at radius 3 is 2.16 bits per heavy atom. The third kappa shape index (κ3) is 4.23. The molecule has 1 fully saturated rings. The Morgan fingerprint density at radius 2 is 1.58 bits per heavy atom. The first-order chi connectivity index (χ1) is 14.8. The van der Waals surface area contributed by atoms with Crippen LogP contribution < -0.4 is 9.80 Å². The smallest absolute Gasteiger partial charge is 0.253 e. The quantitative estimate of drug-likeness (QED) is 0.648. The average molecular weight is 420 g/mol. The highest BCUT2D eigenvalue weighted by Gasteiger charge is 2.23. The molecule has 8 heteroatoms. The lowest BCUT2D eigenvalue weighted by molar-refractivity contribution is 0.0746. The Hall–Kier alpha value is -3.42. The van der Waals surface area contributed by atoms with Gasteiger partial charge in [-0.05, 0) is 45.0 Å². The zero-order chi connectivity index (χ0) is 22.1. The van der Waals surface area contributed by atoms with Gasteiger partial charge >= 0.3 is 0 Å². The van der Waals surface area contributed by atoms with Crippen LogP contribution in [0.5, 0.6) is 0 Å². The van der Waals surface area contributed by atoms with Crippen molar-refractivity contribution in [2.75, 3.05) is 50.1 Å². The topological polar surface area (TPSA) is 70.4 Å². The van der Waals surface area contributed by atoms with E-state index in [1.165, 1.54) is 0 Å². The molecule has 31 heavy (non-hydrogen) atoms. The predicted octanol–water partition coefficient (Wildman–Crippen LogP) is 2.62. The van der Waals surface area contributed by atoms with E-state index < -0.39 is 0 Å². The fourth-order valence-corrected chi connectivity index (χ4v) is 3.78. The number of aryl methyl sites for hydroxylation is 2. The van der Waals surface area contributed by atoms with Gasteiger partial charge in [0, 0.05) is 63.3 Å². The Balaban J connectivity index is 1.46. The predicted molar refractivity (Wildman–Crippen MR) is 122 cm³/mol. The number of hydrogen-bond donors (Lipinski definition) is 0. The molecular formula is C23H29N7O. The first-order valence-electron chi connectivity index (χ1n) is 10.5. The lowest BCUT2D eigenvalue weighted by atomic mass is 10.1. The Labute approximate surface area is 183 Å². The third-order valence-corrected chi connectivity index (χ3v) is 5.83. The van der Waals surface area contributed by atoms with Crippen LogP contribution in [0.1, 0.15) is 27.6 Å². The van der Waals surface area contributed by atoms with E-state index in [9.17, 15) is 4.79 Å². The highest BCUT2D eigenvalue weighted by Crippen LogP contribution is 2.20. The zero-order valence-electron chi connectivity index (χ0n) is 18.8. The van der Waals surface area contributed by atoms with Gasteiger partial charge < -0.3 is 14.7 Å². The molecule has 0 N–H and O–H groups in total. The number of aromatic nitrogens is 4. The second kappa shape index (κ2) is 8.37. The Kier molecular flexibility index (Phi) is 5.63. The number of carbonyl (C=O) groups is 1. The second-order valence-corrected chi connectivity index (χ2v) is 8.14. The maximum atomic E-state index is 12.9. The van der Waals surface area contributed by atoms with Crippen molar-refractivity contribution in [3.63, 3.8) is 0 Å². The van der Waals surface area contributed by atoms with Crippen LogP contribution in [0.2, 0.25) is 0 Å². The van der Waals surface area contributed by atoms with Crippen LogP contribution in [0.3, 0.4) is 0 Å². The molecule has 0 bridgehead atoms.